The number of hydrogen-bond acceptors (Lipinski definition) is 3. The summed E-state index contributed by atoms with van der Waals surface area (Å²) in [6.07, 6.45) is 2.06. The molecule has 0 aliphatic carbocycles. The maximum atomic E-state index is 12.2. The second-order valence-corrected chi connectivity index (χ2v) is 5.80. The molecular weight excluding hydrogens is 288 g/mol. The molecule has 116 valence electrons. The Hall–Kier alpha value is -1.26. The predicted molar refractivity (Wildman–Crippen MR) is 84.9 cm³/mol. The van der Waals surface area contributed by atoms with Crippen molar-refractivity contribution in [1.29, 1.82) is 0 Å². The molecule has 2 rings (SSSR count). The molecule has 4 nitrogen and oxygen atoms in total. The normalized spacial score (nSPS) is 16.7. The first kappa shape index (κ1) is 16.1. The molecule has 0 atom stereocenters. The number of benzene rings is 1. The van der Waals surface area contributed by atoms with Gasteiger partial charge in [-0.2, -0.15) is 0 Å². The first-order valence-corrected chi connectivity index (χ1v) is 7.85. The van der Waals surface area contributed by atoms with Gasteiger partial charge >= 0.3 is 0 Å². The maximum absolute atomic E-state index is 12.2. The van der Waals surface area contributed by atoms with Gasteiger partial charge in [0.05, 0.1) is 5.02 Å². The number of amides is 1. The van der Waals surface area contributed by atoms with E-state index >= 15 is 0 Å². The number of carbonyl (C=O) groups excluding carboxylic acids is 1. The molecule has 0 bridgehead atoms. The monoisotopic (exact) mass is 310 g/mol. The summed E-state index contributed by atoms with van der Waals surface area (Å²) in [5, 5.41) is 0.532. The van der Waals surface area contributed by atoms with Crippen LogP contribution in [0.2, 0.25) is 5.02 Å². The number of hydrogen-bond donors (Lipinski definition) is 0. The Labute approximate surface area is 131 Å². The van der Waals surface area contributed by atoms with Gasteiger partial charge in [-0.25, -0.2) is 0 Å². The smallest absolute Gasteiger partial charge is 0.260 e. The van der Waals surface area contributed by atoms with E-state index in [1.807, 2.05) is 24.1 Å². The van der Waals surface area contributed by atoms with Crippen molar-refractivity contribution in [3.05, 3.63) is 29.3 Å². The molecule has 1 aromatic rings. The number of carbonyl (C=O) groups is 1. The number of nitrogens with zero attached hydrogens (tertiary/aromatic N) is 2. The number of halogens is 1. The molecule has 1 fully saturated rings. The summed E-state index contributed by atoms with van der Waals surface area (Å²) in [7, 11) is 1.87. The van der Waals surface area contributed by atoms with Gasteiger partial charge in [-0.15, -0.1) is 0 Å². The summed E-state index contributed by atoms with van der Waals surface area (Å²) in [4.78, 5) is 16.5. The van der Waals surface area contributed by atoms with Crippen LogP contribution in [0.4, 0.5) is 0 Å². The Morgan fingerprint density at radius 3 is 2.67 bits per heavy atom. The lowest BCUT2D eigenvalue weighted by Crippen LogP contribution is -2.46. The minimum Gasteiger partial charge on any atom is -0.482 e. The van der Waals surface area contributed by atoms with Crippen molar-refractivity contribution < 1.29 is 9.53 Å². The number of ether oxygens (including phenoxy) is 1. The molecule has 0 N–H and O–H groups in total. The van der Waals surface area contributed by atoms with E-state index in [1.54, 1.807) is 12.1 Å². The lowest BCUT2D eigenvalue weighted by atomic mass is 10.0. The van der Waals surface area contributed by atoms with Gasteiger partial charge in [-0.05, 0) is 31.5 Å². The minimum atomic E-state index is 0.00451. The van der Waals surface area contributed by atoms with E-state index in [0.29, 0.717) is 16.8 Å². The molecule has 0 spiro atoms. The van der Waals surface area contributed by atoms with Crippen LogP contribution in [-0.4, -0.2) is 55.0 Å². The van der Waals surface area contributed by atoms with E-state index in [1.165, 1.54) is 0 Å². The Morgan fingerprint density at radius 2 is 2.05 bits per heavy atom. The van der Waals surface area contributed by atoms with Crippen LogP contribution in [0.25, 0.3) is 0 Å². The van der Waals surface area contributed by atoms with E-state index in [2.05, 4.69) is 11.8 Å². The molecule has 0 radical (unpaired) electrons. The van der Waals surface area contributed by atoms with Crippen LogP contribution in [0.5, 0.6) is 5.75 Å². The van der Waals surface area contributed by atoms with Gasteiger partial charge in [-0.3, -0.25) is 4.79 Å². The molecule has 1 aliphatic rings. The van der Waals surface area contributed by atoms with Crippen molar-refractivity contribution in [2.45, 2.75) is 25.8 Å². The molecule has 0 unspecified atom stereocenters. The Morgan fingerprint density at radius 1 is 1.38 bits per heavy atom. The van der Waals surface area contributed by atoms with E-state index in [-0.39, 0.29) is 12.5 Å². The molecule has 0 aromatic heterocycles. The minimum absolute atomic E-state index is 0.00451. The second-order valence-electron chi connectivity index (χ2n) is 5.39. The number of likely N-dealkylation sites (tertiary alicyclic amines) is 1. The van der Waals surface area contributed by atoms with Crippen LogP contribution in [-0.2, 0) is 4.79 Å². The first-order chi connectivity index (χ1) is 10.1. The fourth-order valence-electron chi connectivity index (χ4n) is 2.63. The van der Waals surface area contributed by atoms with Crippen molar-refractivity contribution in [1.82, 2.24) is 9.80 Å². The standard InChI is InChI=1S/C16H23ClN2O2/c1-3-19-10-8-13(9-11-19)18(2)16(20)12-21-15-7-5-4-6-14(15)17/h4-7,13H,3,8-12H2,1-2H3. The van der Waals surface area contributed by atoms with Crippen LogP contribution in [0.15, 0.2) is 24.3 Å². The lowest BCUT2D eigenvalue weighted by Gasteiger charge is -2.36. The molecule has 21 heavy (non-hydrogen) atoms. The van der Waals surface area contributed by atoms with Gasteiger partial charge in [0.15, 0.2) is 6.61 Å². The summed E-state index contributed by atoms with van der Waals surface area (Å²) in [6.45, 7) is 5.41. The highest BCUT2D eigenvalue weighted by atomic mass is 35.5. The number of piperidine rings is 1. The van der Waals surface area contributed by atoms with E-state index in [9.17, 15) is 4.79 Å². The molecule has 5 heteroatoms. The fourth-order valence-corrected chi connectivity index (χ4v) is 2.82. The van der Waals surface area contributed by atoms with E-state index < -0.39 is 0 Å². The summed E-state index contributed by atoms with van der Waals surface area (Å²) in [5.74, 6) is 0.562. The molecular formula is C16H23ClN2O2. The molecule has 1 saturated heterocycles. The van der Waals surface area contributed by atoms with Crippen LogP contribution < -0.4 is 4.74 Å². The zero-order valence-electron chi connectivity index (χ0n) is 12.7. The van der Waals surface area contributed by atoms with Gasteiger partial charge in [0.2, 0.25) is 0 Å². The van der Waals surface area contributed by atoms with Crippen molar-refractivity contribution in [3.8, 4) is 5.75 Å². The van der Waals surface area contributed by atoms with Gasteiger partial charge in [0.1, 0.15) is 5.75 Å². The summed E-state index contributed by atoms with van der Waals surface area (Å²) < 4.78 is 5.52. The summed E-state index contributed by atoms with van der Waals surface area (Å²) in [6, 6.07) is 7.52. The average Bonchev–Trinajstić information content (AvgIpc) is 2.53. The Bertz CT molecular complexity index is 473. The van der Waals surface area contributed by atoms with Crippen LogP contribution in [0, 0.1) is 0 Å². The quantitative estimate of drug-likeness (QED) is 0.838. The second kappa shape index (κ2) is 7.66. The highest BCUT2D eigenvalue weighted by molar-refractivity contribution is 6.32. The third kappa shape index (κ3) is 4.35. The molecule has 1 aromatic carbocycles. The third-order valence-electron chi connectivity index (χ3n) is 4.13. The highest BCUT2D eigenvalue weighted by Crippen LogP contribution is 2.23. The van der Waals surface area contributed by atoms with E-state index in [4.69, 9.17) is 16.3 Å². The molecule has 1 aliphatic heterocycles. The SMILES string of the molecule is CCN1CCC(N(C)C(=O)COc2ccccc2Cl)CC1. The summed E-state index contributed by atoms with van der Waals surface area (Å²) >= 11 is 6.01. The van der Waals surface area contributed by atoms with E-state index in [0.717, 1.165) is 32.5 Å². The lowest BCUT2D eigenvalue weighted by molar-refractivity contribution is -0.135. The van der Waals surface area contributed by atoms with Crippen molar-refractivity contribution >= 4 is 17.5 Å². The van der Waals surface area contributed by atoms with Crippen LogP contribution in [0.3, 0.4) is 0 Å². The van der Waals surface area contributed by atoms with Gasteiger partial charge in [0, 0.05) is 26.2 Å². The predicted octanol–water partition coefficient (Wildman–Crippen LogP) is 2.66. The zero-order chi connectivity index (χ0) is 15.2. The Balaban J connectivity index is 1.82. The van der Waals surface area contributed by atoms with Gasteiger partial charge in [0.25, 0.3) is 5.91 Å². The first-order valence-electron chi connectivity index (χ1n) is 7.47. The maximum Gasteiger partial charge on any atom is 0.260 e. The largest absolute Gasteiger partial charge is 0.482 e. The van der Waals surface area contributed by atoms with Crippen LogP contribution >= 0.6 is 11.6 Å². The van der Waals surface area contributed by atoms with Crippen molar-refractivity contribution in [2.24, 2.45) is 0 Å². The third-order valence-corrected chi connectivity index (χ3v) is 4.45. The summed E-state index contributed by atoms with van der Waals surface area (Å²) in [5.41, 5.74) is 0. The fraction of sp³-hybridized carbons (Fsp3) is 0.562. The Kier molecular flexibility index (Phi) is 5.88. The number of rotatable bonds is 5. The van der Waals surface area contributed by atoms with Crippen molar-refractivity contribution in [3.63, 3.8) is 0 Å². The molecule has 1 amide bonds. The van der Waals surface area contributed by atoms with Gasteiger partial charge in [-0.1, -0.05) is 30.7 Å². The van der Waals surface area contributed by atoms with Gasteiger partial charge < -0.3 is 14.5 Å². The molecule has 1 heterocycles. The molecule has 0 saturated carbocycles. The average molecular weight is 311 g/mol. The number of para-hydroxylation sites is 1. The van der Waals surface area contributed by atoms with Crippen LogP contribution in [0.1, 0.15) is 19.8 Å². The number of likely N-dealkylation sites (N-methyl/N-ethyl adjacent to an activating group) is 1. The topological polar surface area (TPSA) is 32.8 Å². The van der Waals surface area contributed by atoms with Crippen molar-refractivity contribution in [2.75, 3.05) is 33.3 Å². The highest BCUT2D eigenvalue weighted by Gasteiger charge is 2.24. The zero-order valence-corrected chi connectivity index (χ0v) is 13.5.